The molecule has 6 heteroatoms. The fraction of sp³-hybridized carbons (Fsp3) is 0.333. The summed E-state index contributed by atoms with van der Waals surface area (Å²) in [7, 11) is 1.49. The predicted molar refractivity (Wildman–Crippen MR) is 62.9 cm³/mol. The first kappa shape index (κ1) is 12.2. The second kappa shape index (κ2) is 4.95. The monoisotopic (exact) mass is 251 g/mol. The van der Waals surface area contributed by atoms with E-state index in [2.05, 4.69) is 0 Å². The van der Waals surface area contributed by atoms with Crippen LogP contribution in [0.15, 0.2) is 24.3 Å². The van der Waals surface area contributed by atoms with Crippen LogP contribution < -0.4 is 9.64 Å². The number of carbonyl (C=O) groups is 2. The number of rotatable bonds is 4. The minimum Gasteiger partial charge on any atom is -0.495 e. The lowest BCUT2D eigenvalue weighted by molar-refractivity contribution is -0.137. The van der Waals surface area contributed by atoms with E-state index in [0.717, 1.165) is 0 Å². The van der Waals surface area contributed by atoms with Crippen molar-refractivity contribution in [2.45, 2.75) is 12.5 Å². The van der Waals surface area contributed by atoms with Gasteiger partial charge in [-0.3, -0.25) is 9.69 Å². The molecule has 1 aromatic rings. The van der Waals surface area contributed by atoms with Gasteiger partial charge in [-0.15, -0.1) is 0 Å². The average Bonchev–Trinajstić information content (AvgIpc) is 2.69. The van der Waals surface area contributed by atoms with Crippen molar-refractivity contribution < 1.29 is 24.2 Å². The van der Waals surface area contributed by atoms with Gasteiger partial charge in [0.2, 0.25) is 0 Å². The van der Waals surface area contributed by atoms with E-state index < -0.39 is 18.1 Å². The number of hydrogen-bond acceptors (Lipinski definition) is 4. The number of anilines is 1. The summed E-state index contributed by atoms with van der Waals surface area (Å²) in [5.74, 6) is -0.468. The van der Waals surface area contributed by atoms with E-state index in [-0.39, 0.29) is 13.0 Å². The van der Waals surface area contributed by atoms with Crippen LogP contribution in [-0.4, -0.2) is 36.9 Å². The van der Waals surface area contributed by atoms with E-state index in [4.69, 9.17) is 14.6 Å². The first-order chi connectivity index (χ1) is 8.63. The molecule has 1 unspecified atom stereocenters. The van der Waals surface area contributed by atoms with Crippen LogP contribution in [0.5, 0.6) is 5.75 Å². The Morgan fingerprint density at radius 3 is 2.94 bits per heavy atom. The van der Waals surface area contributed by atoms with E-state index in [9.17, 15) is 9.59 Å². The molecule has 2 rings (SSSR count). The van der Waals surface area contributed by atoms with Crippen LogP contribution in [0.25, 0.3) is 0 Å². The smallest absolute Gasteiger partial charge is 0.414 e. The Bertz CT molecular complexity index is 473. The number of aliphatic carboxylic acids is 1. The van der Waals surface area contributed by atoms with Crippen LogP contribution in [0.4, 0.5) is 10.5 Å². The van der Waals surface area contributed by atoms with Gasteiger partial charge in [-0.2, -0.15) is 0 Å². The van der Waals surface area contributed by atoms with Crippen LogP contribution >= 0.6 is 0 Å². The van der Waals surface area contributed by atoms with Crippen LogP contribution in [0, 0.1) is 0 Å². The van der Waals surface area contributed by atoms with Crippen LogP contribution in [0.3, 0.4) is 0 Å². The summed E-state index contributed by atoms with van der Waals surface area (Å²) >= 11 is 0. The lowest BCUT2D eigenvalue weighted by Gasteiger charge is -2.21. The van der Waals surface area contributed by atoms with Gasteiger partial charge < -0.3 is 14.6 Å². The summed E-state index contributed by atoms with van der Waals surface area (Å²) in [6.45, 7) is 0.0726. The minimum atomic E-state index is -0.974. The lowest BCUT2D eigenvalue weighted by Crippen LogP contribution is -2.35. The Kier molecular flexibility index (Phi) is 3.36. The van der Waals surface area contributed by atoms with Gasteiger partial charge in [-0.25, -0.2) is 4.79 Å². The third-order valence-electron chi connectivity index (χ3n) is 2.72. The molecule has 18 heavy (non-hydrogen) atoms. The number of ether oxygens (including phenoxy) is 2. The van der Waals surface area contributed by atoms with Gasteiger partial charge >= 0.3 is 12.1 Å². The molecule has 96 valence electrons. The SMILES string of the molecule is COc1ccccc1N1C(=O)OCC1CC(=O)O. The number of carbonyl (C=O) groups excluding carboxylic acids is 1. The van der Waals surface area contributed by atoms with E-state index in [0.29, 0.717) is 11.4 Å². The number of methoxy groups -OCH3 is 1. The molecule has 1 aromatic carbocycles. The van der Waals surface area contributed by atoms with Gasteiger partial charge in [0.05, 0.1) is 25.3 Å². The zero-order valence-corrected chi connectivity index (χ0v) is 9.83. The standard InChI is InChI=1S/C12H13NO5/c1-17-10-5-3-2-4-9(10)13-8(6-11(14)15)7-18-12(13)16/h2-5,8H,6-7H2,1H3,(H,14,15). The summed E-state index contributed by atoms with van der Waals surface area (Å²) in [5.41, 5.74) is 0.522. The third-order valence-corrected chi connectivity index (χ3v) is 2.72. The van der Waals surface area contributed by atoms with Crippen molar-refractivity contribution in [2.24, 2.45) is 0 Å². The molecule has 0 bridgehead atoms. The highest BCUT2D eigenvalue weighted by molar-refractivity contribution is 5.93. The quantitative estimate of drug-likeness (QED) is 0.877. The molecule has 1 aliphatic rings. The van der Waals surface area contributed by atoms with E-state index >= 15 is 0 Å². The third kappa shape index (κ3) is 2.22. The summed E-state index contributed by atoms with van der Waals surface area (Å²) in [5, 5.41) is 8.83. The Balaban J connectivity index is 2.33. The topological polar surface area (TPSA) is 76.1 Å². The van der Waals surface area contributed by atoms with Gasteiger partial charge in [0, 0.05) is 0 Å². The summed E-state index contributed by atoms with van der Waals surface area (Å²) in [6, 6.07) is 6.42. The fourth-order valence-electron chi connectivity index (χ4n) is 1.94. The zero-order valence-electron chi connectivity index (χ0n) is 9.83. The van der Waals surface area contributed by atoms with Gasteiger partial charge in [0.1, 0.15) is 12.4 Å². The number of carboxylic acid groups (broad SMARTS) is 1. The molecule has 0 saturated carbocycles. The first-order valence-corrected chi connectivity index (χ1v) is 5.44. The van der Waals surface area contributed by atoms with Gasteiger partial charge in [-0.1, -0.05) is 12.1 Å². The second-order valence-electron chi connectivity index (χ2n) is 3.87. The molecule has 0 aromatic heterocycles. The number of carboxylic acids is 1. The lowest BCUT2D eigenvalue weighted by atomic mass is 10.1. The predicted octanol–water partition coefficient (Wildman–Crippen LogP) is 1.50. The number of nitrogens with zero attached hydrogens (tertiary/aromatic N) is 1. The number of benzene rings is 1. The van der Waals surface area contributed by atoms with E-state index in [1.807, 2.05) is 0 Å². The van der Waals surface area contributed by atoms with Gasteiger partial charge in [0.15, 0.2) is 0 Å². The summed E-state index contributed by atoms with van der Waals surface area (Å²) in [4.78, 5) is 23.8. The Hall–Kier alpha value is -2.24. The molecule has 0 spiro atoms. The van der Waals surface area contributed by atoms with Gasteiger partial charge in [0.25, 0.3) is 0 Å². The number of cyclic esters (lactones) is 1. The summed E-state index contributed by atoms with van der Waals surface area (Å²) in [6.07, 6.45) is -0.713. The fourth-order valence-corrected chi connectivity index (χ4v) is 1.94. The molecule has 6 nitrogen and oxygen atoms in total. The molecule has 1 atom stereocenters. The molecule has 1 amide bonds. The molecule has 0 radical (unpaired) electrons. The highest BCUT2D eigenvalue weighted by Crippen LogP contribution is 2.32. The average molecular weight is 251 g/mol. The van der Waals surface area contributed by atoms with Gasteiger partial charge in [-0.05, 0) is 12.1 Å². The number of amides is 1. The maximum atomic E-state index is 11.7. The van der Waals surface area contributed by atoms with Crippen molar-refractivity contribution in [1.29, 1.82) is 0 Å². The molecule has 1 N–H and O–H groups in total. The number of para-hydroxylation sites is 2. The van der Waals surface area contributed by atoms with Crippen molar-refractivity contribution in [3.63, 3.8) is 0 Å². The van der Waals surface area contributed by atoms with E-state index in [1.54, 1.807) is 24.3 Å². The molecule has 1 saturated heterocycles. The Morgan fingerprint density at radius 1 is 1.56 bits per heavy atom. The maximum Gasteiger partial charge on any atom is 0.414 e. The Labute approximate surface area is 104 Å². The highest BCUT2D eigenvalue weighted by atomic mass is 16.6. The van der Waals surface area contributed by atoms with Crippen LogP contribution in [0.2, 0.25) is 0 Å². The minimum absolute atomic E-state index is 0.0726. The molecule has 1 fully saturated rings. The van der Waals surface area contributed by atoms with Crippen molar-refractivity contribution >= 4 is 17.7 Å². The van der Waals surface area contributed by atoms with Crippen LogP contribution in [0.1, 0.15) is 6.42 Å². The van der Waals surface area contributed by atoms with Crippen molar-refractivity contribution in [3.05, 3.63) is 24.3 Å². The molecule has 0 aliphatic carbocycles. The van der Waals surface area contributed by atoms with Crippen molar-refractivity contribution in [1.82, 2.24) is 0 Å². The second-order valence-corrected chi connectivity index (χ2v) is 3.87. The largest absolute Gasteiger partial charge is 0.495 e. The summed E-state index contributed by atoms with van der Waals surface area (Å²) < 4.78 is 10.1. The van der Waals surface area contributed by atoms with Crippen molar-refractivity contribution in [3.8, 4) is 5.75 Å². The molecular formula is C12H13NO5. The van der Waals surface area contributed by atoms with E-state index in [1.165, 1.54) is 12.0 Å². The van der Waals surface area contributed by atoms with Crippen LogP contribution in [-0.2, 0) is 9.53 Å². The first-order valence-electron chi connectivity index (χ1n) is 5.44. The number of hydrogen-bond donors (Lipinski definition) is 1. The molecular weight excluding hydrogens is 238 g/mol. The Morgan fingerprint density at radius 2 is 2.28 bits per heavy atom. The highest BCUT2D eigenvalue weighted by Gasteiger charge is 2.36. The normalized spacial score (nSPS) is 18.6. The van der Waals surface area contributed by atoms with Crippen molar-refractivity contribution in [2.75, 3.05) is 18.6 Å². The zero-order chi connectivity index (χ0) is 13.1. The molecule has 1 heterocycles. The molecule has 1 aliphatic heterocycles. The maximum absolute atomic E-state index is 11.7.